The van der Waals surface area contributed by atoms with Crippen LogP contribution in [0.15, 0.2) is 11.6 Å². The fourth-order valence-corrected chi connectivity index (χ4v) is 5.92. The number of carbonyl (C=O) groups is 2. The van der Waals surface area contributed by atoms with Crippen molar-refractivity contribution in [2.75, 3.05) is 13.2 Å². The SMILES string of the molecule is CC(=O)OC[C@]12C[C@H](OC(=O)CC(C)C)C(C)=C[C@H]1O[C@@H]1[C@H](O)[C@@H](O)C2(C)C12CO2. The van der Waals surface area contributed by atoms with Gasteiger partial charge in [0.2, 0.25) is 0 Å². The number of ether oxygens (including phenoxy) is 4. The zero-order chi connectivity index (χ0) is 22.1. The highest BCUT2D eigenvalue weighted by Gasteiger charge is 2.85. The molecule has 0 amide bonds. The van der Waals surface area contributed by atoms with Crippen LogP contribution < -0.4 is 0 Å². The maximum absolute atomic E-state index is 12.4. The van der Waals surface area contributed by atoms with Gasteiger partial charge in [-0.3, -0.25) is 9.59 Å². The molecule has 0 aromatic heterocycles. The third kappa shape index (κ3) is 2.80. The maximum atomic E-state index is 12.4. The number of epoxide rings is 1. The van der Waals surface area contributed by atoms with Crippen LogP contribution in [-0.2, 0) is 28.5 Å². The molecule has 168 valence electrons. The van der Waals surface area contributed by atoms with Crippen molar-refractivity contribution in [1.82, 2.24) is 0 Å². The van der Waals surface area contributed by atoms with E-state index < -0.39 is 52.9 Å². The molecule has 0 aromatic carbocycles. The summed E-state index contributed by atoms with van der Waals surface area (Å²) in [5.41, 5.74) is -1.89. The first kappa shape index (κ1) is 21.7. The predicted molar refractivity (Wildman–Crippen MR) is 104 cm³/mol. The Balaban J connectivity index is 1.75. The van der Waals surface area contributed by atoms with Gasteiger partial charge in [-0.25, -0.2) is 0 Å². The van der Waals surface area contributed by atoms with Gasteiger partial charge in [0.1, 0.15) is 30.5 Å². The second-order valence-corrected chi connectivity index (χ2v) is 9.92. The maximum Gasteiger partial charge on any atom is 0.306 e. The van der Waals surface area contributed by atoms with Gasteiger partial charge in [-0.05, 0) is 18.4 Å². The third-order valence-electron chi connectivity index (χ3n) is 7.74. The molecule has 2 heterocycles. The number of aliphatic hydroxyl groups excluding tert-OH is 2. The molecule has 2 aliphatic heterocycles. The zero-order valence-electron chi connectivity index (χ0n) is 18.2. The summed E-state index contributed by atoms with van der Waals surface area (Å²) in [5, 5.41) is 21.9. The number of fused-ring (bicyclic) bond motifs is 2. The van der Waals surface area contributed by atoms with E-state index in [1.165, 1.54) is 6.92 Å². The Morgan fingerprint density at radius 2 is 2.00 bits per heavy atom. The summed E-state index contributed by atoms with van der Waals surface area (Å²) in [4.78, 5) is 24.1. The van der Waals surface area contributed by atoms with Crippen LogP contribution in [0, 0.1) is 16.7 Å². The predicted octanol–water partition coefficient (Wildman–Crippen LogP) is 1.12. The minimum Gasteiger partial charge on any atom is -0.465 e. The molecule has 8 nitrogen and oxygen atoms in total. The van der Waals surface area contributed by atoms with Gasteiger partial charge in [0.15, 0.2) is 0 Å². The third-order valence-corrected chi connectivity index (χ3v) is 7.74. The fourth-order valence-electron chi connectivity index (χ4n) is 5.92. The molecule has 1 spiro atoms. The second kappa shape index (κ2) is 7.02. The molecule has 0 radical (unpaired) electrons. The molecule has 30 heavy (non-hydrogen) atoms. The van der Waals surface area contributed by atoms with E-state index in [-0.39, 0.29) is 18.5 Å². The van der Waals surface area contributed by atoms with Crippen LogP contribution >= 0.6 is 0 Å². The summed E-state index contributed by atoms with van der Waals surface area (Å²) >= 11 is 0. The summed E-state index contributed by atoms with van der Waals surface area (Å²) < 4.78 is 23.4. The largest absolute Gasteiger partial charge is 0.465 e. The second-order valence-electron chi connectivity index (χ2n) is 9.92. The van der Waals surface area contributed by atoms with Gasteiger partial charge in [0.25, 0.3) is 0 Å². The van der Waals surface area contributed by atoms with Gasteiger partial charge < -0.3 is 29.2 Å². The molecule has 4 rings (SSSR count). The standard InChI is InChI=1S/C22H32O8/c1-11(2)6-16(24)29-14-8-21(9-27-13(4)23)15(7-12(14)3)30-19-17(25)18(26)20(21,5)22(19)10-28-22/h7,11,14-15,17-19,25-26H,6,8-10H2,1-5H3/t14-,15+,17+,18+,19+,20?,21+,22?/m0/s1. The first-order chi connectivity index (χ1) is 14.0. The normalized spacial score (nSPS) is 46.4. The molecule has 8 heteroatoms. The molecule has 8 atom stereocenters. The number of rotatable bonds is 5. The number of esters is 2. The molecular formula is C22H32O8. The van der Waals surface area contributed by atoms with E-state index in [2.05, 4.69) is 0 Å². The van der Waals surface area contributed by atoms with Gasteiger partial charge >= 0.3 is 11.9 Å². The lowest BCUT2D eigenvalue weighted by Crippen LogP contribution is -2.67. The average Bonchev–Trinajstić information content (AvgIpc) is 3.43. The Morgan fingerprint density at radius 1 is 1.33 bits per heavy atom. The summed E-state index contributed by atoms with van der Waals surface area (Å²) in [6, 6.07) is 0. The summed E-state index contributed by atoms with van der Waals surface area (Å²) in [6.07, 6.45) is -1.50. The summed E-state index contributed by atoms with van der Waals surface area (Å²) in [7, 11) is 0. The lowest BCUT2D eigenvalue weighted by atomic mass is 9.51. The molecule has 2 bridgehead atoms. The Labute approximate surface area is 176 Å². The summed E-state index contributed by atoms with van der Waals surface area (Å²) in [5.74, 6) is -0.584. The van der Waals surface area contributed by atoms with E-state index in [0.29, 0.717) is 19.4 Å². The van der Waals surface area contributed by atoms with Crippen LogP contribution in [0.3, 0.4) is 0 Å². The minimum atomic E-state index is -1.13. The van der Waals surface area contributed by atoms with Crippen molar-refractivity contribution >= 4 is 11.9 Å². The average molecular weight is 424 g/mol. The van der Waals surface area contributed by atoms with Gasteiger partial charge in [-0.1, -0.05) is 26.8 Å². The molecule has 0 aromatic rings. The van der Waals surface area contributed by atoms with E-state index in [1.807, 2.05) is 33.8 Å². The minimum absolute atomic E-state index is 0.0346. The Bertz CT molecular complexity index is 771. The number of carbonyl (C=O) groups excluding carboxylic acids is 2. The lowest BCUT2D eigenvalue weighted by molar-refractivity contribution is -0.239. The Kier molecular flexibility index (Phi) is 5.09. The lowest BCUT2D eigenvalue weighted by Gasteiger charge is -2.58. The van der Waals surface area contributed by atoms with Crippen LogP contribution in [0.2, 0.25) is 0 Å². The fraction of sp³-hybridized carbons (Fsp3) is 0.818. The van der Waals surface area contributed by atoms with Crippen molar-refractivity contribution in [3.63, 3.8) is 0 Å². The van der Waals surface area contributed by atoms with Gasteiger partial charge in [-0.2, -0.15) is 0 Å². The molecule has 3 fully saturated rings. The molecule has 2 N–H and O–H groups in total. The smallest absolute Gasteiger partial charge is 0.306 e. The van der Waals surface area contributed by atoms with Gasteiger partial charge in [0, 0.05) is 30.6 Å². The first-order valence-electron chi connectivity index (χ1n) is 10.7. The van der Waals surface area contributed by atoms with Crippen molar-refractivity contribution in [2.45, 2.75) is 83.6 Å². The van der Waals surface area contributed by atoms with Crippen LogP contribution in [0.1, 0.15) is 47.5 Å². The topological polar surface area (TPSA) is 115 Å². The van der Waals surface area contributed by atoms with Crippen molar-refractivity contribution in [1.29, 1.82) is 0 Å². The first-order valence-corrected chi connectivity index (χ1v) is 10.7. The zero-order valence-corrected chi connectivity index (χ0v) is 18.2. The molecule has 4 aliphatic rings. The van der Waals surface area contributed by atoms with E-state index >= 15 is 0 Å². The van der Waals surface area contributed by atoms with Gasteiger partial charge in [-0.15, -0.1) is 0 Å². The van der Waals surface area contributed by atoms with E-state index in [1.54, 1.807) is 0 Å². The van der Waals surface area contributed by atoms with Crippen LogP contribution in [0.5, 0.6) is 0 Å². The van der Waals surface area contributed by atoms with Crippen molar-refractivity contribution in [2.24, 2.45) is 16.7 Å². The van der Waals surface area contributed by atoms with E-state index in [4.69, 9.17) is 18.9 Å². The number of hydrogen-bond donors (Lipinski definition) is 2. The highest BCUT2D eigenvalue weighted by molar-refractivity contribution is 5.70. The Hall–Kier alpha value is -1.48. The van der Waals surface area contributed by atoms with Crippen LogP contribution in [-0.4, -0.2) is 71.5 Å². The van der Waals surface area contributed by atoms with Crippen LogP contribution in [0.25, 0.3) is 0 Å². The highest BCUT2D eigenvalue weighted by atomic mass is 16.6. The van der Waals surface area contributed by atoms with E-state index in [9.17, 15) is 19.8 Å². The van der Waals surface area contributed by atoms with E-state index in [0.717, 1.165) is 5.57 Å². The molecule has 2 unspecified atom stereocenters. The monoisotopic (exact) mass is 424 g/mol. The molecule has 2 saturated heterocycles. The summed E-state index contributed by atoms with van der Waals surface area (Å²) in [6.45, 7) is 9.28. The van der Waals surface area contributed by atoms with Crippen molar-refractivity contribution < 1.29 is 38.7 Å². The molecular weight excluding hydrogens is 392 g/mol. The van der Waals surface area contributed by atoms with Gasteiger partial charge in [0.05, 0.1) is 18.8 Å². The Morgan fingerprint density at radius 3 is 2.57 bits per heavy atom. The number of hydrogen-bond acceptors (Lipinski definition) is 8. The highest BCUT2D eigenvalue weighted by Crippen LogP contribution is 2.71. The quantitative estimate of drug-likeness (QED) is 0.383. The molecule has 2 aliphatic carbocycles. The molecule has 1 saturated carbocycles. The van der Waals surface area contributed by atoms with Crippen molar-refractivity contribution in [3.8, 4) is 0 Å². The number of aliphatic hydroxyl groups is 2. The van der Waals surface area contributed by atoms with Crippen molar-refractivity contribution in [3.05, 3.63) is 11.6 Å². The van der Waals surface area contributed by atoms with Crippen LogP contribution in [0.4, 0.5) is 0 Å².